The number of halogens is 1. The van der Waals surface area contributed by atoms with Crippen molar-refractivity contribution in [3.05, 3.63) is 95.0 Å². The predicted molar refractivity (Wildman–Crippen MR) is 130 cm³/mol. The summed E-state index contributed by atoms with van der Waals surface area (Å²) in [5.41, 5.74) is 2.02. The van der Waals surface area contributed by atoms with Gasteiger partial charge in [-0.05, 0) is 29.8 Å². The minimum Gasteiger partial charge on any atom is -0.506 e. The largest absolute Gasteiger partial charge is 0.506 e. The van der Waals surface area contributed by atoms with E-state index in [-0.39, 0.29) is 24.0 Å². The molecule has 1 atom stereocenters. The number of rotatable bonds is 6. The summed E-state index contributed by atoms with van der Waals surface area (Å²) in [5.74, 6) is -0.101. The normalized spacial score (nSPS) is 14.6. The van der Waals surface area contributed by atoms with E-state index in [0.29, 0.717) is 36.8 Å². The van der Waals surface area contributed by atoms with Crippen LogP contribution in [0.1, 0.15) is 28.4 Å². The number of phenols is 1. The highest BCUT2D eigenvalue weighted by molar-refractivity contribution is 6.33. The van der Waals surface area contributed by atoms with Gasteiger partial charge in [-0.3, -0.25) is 9.59 Å². The zero-order valence-electron chi connectivity index (χ0n) is 18.2. The molecular weight excluding hydrogens is 438 g/mol. The van der Waals surface area contributed by atoms with Crippen LogP contribution in [-0.2, 0) is 4.79 Å². The van der Waals surface area contributed by atoms with Crippen molar-refractivity contribution in [2.24, 2.45) is 0 Å². The van der Waals surface area contributed by atoms with Crippen LogP contribution in [0.5, 0.6) is 5.75 Å². The van der Waals surface area contributed by atoms with Gasteiger partial charge in [-0.25, -0.2) is 0 Å². The van der Waals surface area contributed by atoms with Gasteiger partial charge < -0.3 is 20.2 Å². The molecule has 3 aromatic carbocycles. The maximum atomic E-state index is 13.2. The number of para-hydroxylation sites is 2. The van der Waals surface area contributed by atoms with Crippen LogP contribution in [0.4, 0.5) is 5.69 Å². The minimum atomic E-state index is -0.473. The molecule has 1 heterocycles. The number of piperazine rings is 1. The second-order valence-electron chi connectivity index (χ2n) is 7.98. The Kier molecular flexibility index (Phi) is 7.15. The molecule has 1 fully saturated rings. The maximum absolute atomic E-state index is 13.2. The lowest BCUT2D eigenvalue weighted by Crippen LogP contribution is -2.49. The molecule has 2 amide bonds. The Hall–Kier alpha value is -3.51. The van der Waals surface area contributed by atoms with Crippen LogP contribution in [0.25, 0.3) is 0 Å². The van der Waals surface area contributed by atoms with Gasteiger partial charge in [-0.2, -0.15) is 0 Å². The Morgan fingerprint density at radius 2 is 1.52 bits per heavy atom. The Morgan fingerprint density at radius 1 is 0.879 bits per heavy atom. The number of carbonyl (C=O) groups is 2. The molecule has 0 bridgehead atoms. The molecule has 170 valence electrons. The van der Waals surface area contributed by atoms with Gasteiger partial charge in [0.25, 0.3) is 5.91 Å². The quantitative estimate of drug-likeness (QED) is 0.573. The molecule has 1 saturated heterocycles. The van der Waals surface area contributed by atoms with Gasteiger partial charge in [-0.15, -0.1) is 0 Å². The van der Waals surface area contributed by atoms with Gasteiger partial charge in [0, 0.05) is 26.2 Å². The van der Waals surface area contributed by atoms with Crippen LogP contribution >= 0.6 is 11.6 Å². The molecule has 4 rings (SSSR count). The SMILES string of the molecule is O=C(N[C@H](CC(=O)N1CCN(c2ccccc2O)CC1)c1ccccc1)c1ccccc1Cl. The summed E-state index contributed by atoms with van der Waals surface area (Å²) in [5, 5.41) is 13.5. The Labute approximate surface area is 198 Å². The lowest BCUT2D eigenvalue weighted by atomic mass is 10.0. The number of nitrogens with one attached hydrogen (secondary N) is 1. The van der Waals surface area contributed by atoms with Crippen LogP contribution in [0.2, 0.25) is 5.02 Å². The van der Waals surface area contributed by atoms with Gasteiger partial charge in [0.1, 0.15) is 5.75 Å². The molecule has 1 aliphatic heterocycles. The smallest absolute Gasteiger partial charge is 0.253 e. The van der Waals surface area contributed by atoms with Crippen molar-refractivity contribution in [2.75, 3.05) is 31.1 Å². The summed E-state index contributed by atoms with van der Waals surface area (Å²) >= 11 is 6.19. The number of nitrogens with zero attached hydrogens (tertiary/aromatic N) is 2. The maximum Gasteiger partial charge on any atom is 0.253 e. The third-order valence-electron chi connectivity index (χ3n) is 5.86. The van der Waals surface area contributed by atoms with Crippen molar-refractivity contribution in [1.82, 2.24) is 10.2 Å². The molecule has 0 saturated carbocycles. The van der Waals surface area contributed by atoms with Gasteiger partial charge in [0.15, 0.2) is 0 Å². The minimum absolute atomic E-state index is 0.0276. The molecule has 3 aromatic rings. The third kappa shape index (κ3) is 5.46. The highest BCUT2D eigenvalue weighted by Crippen LogP contribution is 2.28. The molecule has 0 unspecified atom stereocenters. The highest BCUT2D eigenvalue weighted by atomic mass is 35.5. The first-order valence-electron chi connectivity index (χ1n) is 10.9. The van der Waals surface area contributed by atoms with Crippen molar-refractivity contribution in [3.8, 4) is 5.75 Å². The van der Waals surface area contributed by atoms with Gasteiger partial charge in [0.2, 0.25) is 5.91 Å². The Balaban J connectivity index is 1.43. The first-order valence-corrected chi connectivity index (χ1v) is 11.3. The molecule has 6 nitrogen and oxygen atoms in total. The fraction of sp³-hybridized carbons (Fsp3) is 0.231. The predicted octanol–water partition coefficient (Wildman–Crippen LogP) is 4.26. The number of anilines is 1. The van der Waals surface area contributed by atoms with Crippen LogP contribution in [0, 0.1) is 0 Å². The van der Waals surface area contributed by atoms with Gasteiger partial charge in [-0.1, -0.05) is 66.2 Å². The van der Waals surface area contributed by atoms with Crippen molar-refractivity contribution >= 4 is 29.1 Å². The average molecular weight is 464 g/mol. The summed E-state index contributed by atoms with van der Waals surface area (Å²) in [6.07, 6.45) is 0.150. The summed E-state index contributed by atoms with van der Waals surface area (Å²) in [7, 11) is 0. The van der Waals surface area contributed by atoms with Crippen LogP contribution in [0.3, 0.4) is 0 Å². The Bertz CT molecular complexity index is 1110. The van der Waals surface area contributed by atoms with Crippen molar-refractivity contribution < 1.29 is 14.7 Å². The lowest BCUT2D eigenvalue weighted by Gasteiger charge is -2.37. The van der Waals surface area contributed by atoms with Crippen molar-refractivity contribution in [1.29, 1.82) is 0 Å². The zero-order valence-corrected chi connectivity index (χ0v) is 18.9. The second-order valence-corrected chi connectivity index (χ2v) is 8.38. The molecule has 0 spiro atoms. The standard InChI is InChI=1S/C26H26ClN3O3/c27-21-11-5-4-10-20(21)26(33)28-22(19-8-2-1-3-9-19)18-25(32)30-16-14-29(15-17-30)23-12-6-7-13-24(23)31/h1-13,22,31H,14-18H2,(H,28,33)/t22-/m1/s1. The number of hydrogen-bond donors (Lipinski definition) is 2. The van der Waals surface area contributed by atoms with E-state index in [1.165, 1.54) is 0 Å². The number of carbonyl (C=O) groups excluding carboxylic acids is 2. The van der Waals surface area contributed by atoms with Crippen LogP contribution in [-0.4, -0.2) is 48.0 Å². The number of benzene rings is 3. The number of phenolic OH excluding ortho intramolecular Hbond substituents is 1. The third-order valence-corrected chi connectivity index (χ3v) is 6.19. The molecule has 0 aromatic heterocycles. The first kappa shape index (κ1) is 22.7. The molecule has 1 aliphatic rings. The average Bonchev–Trinajstić information content (AvgIpc) is 2.85. The van der Waals surface area contributed by atoms with E-state index in [1.807, 2.05) is 47.4 Å². The van der Waals surface area contributed by atoms with E-state index in [4.69, 9.17) is 11.6 Å². The van der Waals surface area contributed by atoms with Crippen LogP contribution in [0.15, 0.2) is 78.9 Å². The van der Waals surface area contributed by atoms with E-state index in [2.05, 4.69) is 10.2 Å². The fourth-order valence-corrected chi connectivity index (χ4v) is 4.27. The summed E-state index contributed by atoms with van der Waals surface area (Å²) in [6.45, 7) is 2.36. The molecule has 0 radical (unpaired) electrons. The molecule has 7 heteroatoms. The first-order chi connectivity index (χ1) is 16.0. The van der Waals surface area contributed by atoms with Crippen molar-refractivity contribution in [2.45, 2.75) is 12.5 Å². The molecule has 2 N–H and O–H groups in total. The number of amides is 2. The Morgan fingerprint density at radius 3 is 2.21 bits per heavy atom. The van der Waals surface area contributed by atoms with Gasteiger partial charge in [0.05, 0.1) is 28.7 Å². The van der Waals surface area contributed by atoms with E-state index in [0.717, 1.165) is 11.3 Å². The zero-order chi connectivity index (χ0) is 23.2. The summed E-state index contributed by atoms with van der Waals surface area (Å²) < 4.78 is 0. The number of hydrogen-bond acceptors (Lipinski definition) is 4. The summed E-state index contributed by atoms with van der Waals surface area (Å²) in [4.78, 5) is 29.9. The van der Waals surface area contributed by atoms with E-state index in [1.54, 1.807) is 36.4 Å². The molecule has 33 heavy (non-hydrogen) atoms. The fourth-order valence-electron chi connectivity index (χ4n) is 4.05. The summed E-state index contributed by atoms with van der Waals surface area (Å²) in [6, 6.07) is 23.1. The second kappa shape index (κ2) is 10.4. The molecule has 0 aliphatic carbocycles. The topological polar surface area (TPSA) is 72.9 Å². The van der Waals surface area contributed by atoms with Crippen molar-refractivity contribution in [3.63, 3.8) is 0 Å². The molecular formula is C26H26ClN3O3. The van der Waals surface area contributed by atoms with E-state index in [9.17, 15) is 14.7 Å². The lowest BCUT2D eigenvalue weighted by molar-refractivity contribution is -0.132. The van der Waals surface area contributed by atoms with Gasteiger partial charge >= 0.3 is 0 Å². The van der Waals surface area contributed by atoms with Crippen LogP contribution < -0.4 is 10.2 Å². The monoisotopic (exact) mass is 463 g/mol. The van der Waals surface area contributed by atoms with E-state index < -0.39 is 6.04 Å². The van der Waals surface area contributed by atoms with E-state index >= 15 is 0 Å². The number of aromatic hydroxyl groups is 1. The highest BCUT2D eigenvalue weighted by Gasteiger charge is 2.26.